The Morgan fingerprint density at radius 3 is 3.10 bits per heavy atom. The minimum absolute atomic E-state index is 0.0615. The van der Waals surface area contributed by atoms with E-state index in [9.17, 15) is 4.39 Å². The fourth-order valence-corrected chi connectivity index (χ4v) is 2.70. The minimum Gasteiger partial charge on any atom is -0.392 e. The molecule has 1 aliphatic rings. The largest absolute Gasteiger partial charge is 0.392 e. The van der Waals surface area contributed by atoms with E-state index in [2.05, 4.69) is 20.1 Å². The van der Waals surface area contributed by atoms with E-state index in [1.807, 2.05) is 0 Å². The third kappa shape index (κ3) is 2.71. The molecule has 2 aromatic rings. The molecule has 1 fully saturated rings. The van der Waals surface area contributed by atoms with Gasteiger partial charge in [-0.1, -0.05) is 6.07 Å². The number of aromatic nitrogens is 3. The Balaban J connectivity index is 1.67. The number of halogens is 1. The number of nitrogens with zero attached hydrogens (tertiary/aromatic N) is 3. The zero-order valence-corrected chi connectivity index (χ0v) is 11.1. The first-order valence-electron chi connectivity index (χ1n) is 6.72. The quantitative estimate of drug-likeness (QED) is 0.886. The summed E-state index contributed by atoms with van der Waals surface area (Å²) in [5.41, 5.74) is 1.38. The van der Waals surface area contributed by atoms with Crippen LogP contribution in [0.1, 0.15) is 29.3 Å². The first-order valence-corrected chi connectivity index (χ1v) is 6.72. The molecule has 0 radical (unpaired) electrons. The minimum atomic E-state index is -0.217. The van der Waals surface area contributed by atoms with E-state index >= 15 is 0 Å². The molecule has 2 N–H and O–H groups in total. The van der Waals surface area contributed by atoms with Gasteiger partial charge in [0, 0.05) is 24.6 Å². The molecule has 1 aliphatic heterocycles. The van der Waals surface area contributed by atoms with E-state index in [1.165, 1.54) is 12.4 Å². The molecule has 5 nitrogen and oxygen atoms in total. The van der Waals surface area contributed by atoms with Crippen LogP contribution in [0.4, 0.5) is 4.39 Å². The summed E-state index contributed by atoms with van der Waals surface area (Å²) >= 11 is 0. The Bertz CT molecular complexity index is 573. The number of aromatic amines is 1. The topological polar surface area (TPSA) is 65.0 Å². The highest BCUT2D eigenvalue weighted by atomic mass is 19.1. The van der Waals surface area contributed by atoms with Crippen LogP contribution in [-0.4, -0.2) is 38.3 Å². The van der Waals surface area contributed by atoms with Crippen molar-refractivity contribution in [1.82, 2.24) is 20.1 Å². The van der Waals surface area contributed by atoms with Crippen LogP contribution in [0.15, 0.2) is 24.5 Å². The van der Waals surface area contributed by atoms with Crippen LogP contribution in [0.3, 0.4) is 0 Å². The van der Waals surface area contributed by atoms with Crippen molar-refractivity contribution in [3.05, 3.63) is 47.3 Å². The molecule has 1 aromatic heterocycles. The molecule has 2 heterocycles. The molecular weight excluding hydrogens is 259 g/mol. The standard InChI is InChI=1S/C14H17FN4O/c15-13-2-1-10(8-20)5-12(13)7-19-4-3-11(6-19)14-16-9-17-18-14/h1-2,5,9,11,20H,3-4,6-8H2,(H,16,17,18). The number of hydrogen-bond donors (Lipinski definition) is 2. The van der Waals surface area contributed by atoms with Crippen molar-refractivity contribution in [2.45, 2.75) is 25.5 Å². The molecule has 1 atom stereocenters. The normalized spacial score (nSPS) is 19.6. The maximum Gasteiger partial charge on any atom is 0.137 e. The fraction of sp³-hybridized carbons (Fsp3) is 0.429. The molecule has 0 amide bonds. The van der Waals surface area contributed by atoms with Gasteiger partial charge in [-0.25, -0.2) is 9.37 Å². The molecule has 6 heteroatoms. The molecule has 0 saturated carbocycles. The highest BCUT2D eigenvalue weighted by molar-refractivity contribution is 5.24. The molecular formula is C14H17FN4O. The number of likely N-dealkylation sites (tertiary alicyclic amines) is 1. The number of aliphatic hydroxyl groups excluding tert-OH is 1. The summed E-state index contributed by atoms with van der Waals surface area (Å²) in [6.45, 7) is 2.25. The van der Waals surface area contributed by atoms with E-state index in [0.717, 1.165) is 30.9 Å². The Morgan fingerprint density at radius 2 is 2.35 bits per heavy atom. The Labute approximate surface area is 116 Å². The van der Waals surface area contributed by atoms with Gasteiger partial charge < -0.3 is 5.11 Å². The van der Waals surface area contributed by atoms with Crippen molar-refractivity contribution in [2.75, 3.05) is 13.1 Å². The Morgan fingerprint density at radius 1 is 1.45 bits per heavy atom. The lowest BCUT2D eigenvalue weighted by atomic mass is 10.1. The van der Waals surface area contributed by atoms with Crippen LogP contribution in [0, 0.1) is 5.82 Å². The zero-order valence-electron chi connectivity index (χ0n) is 11.1. The number of H-pyrrole nitrogens is 1. The molecule has 20 heavy (non-hydrogen) atoms. The van der Waals surface area contributed by atoms with E-state index in [1.54, 1.807) is 12.1 Å². The van der Waals surface area contributed by atoms with Gasteiger partial charge >= 0.3 is 0 Å². The average molecular weight is 276 g/mol. The van der Waals surface area contributed by atoms with Gasteiger partial charge in [0.15, 0.2) is 0 Å². The predicted octanol–water partition coefficient (Wildman–Crippen LogP) is 1.43. The summed E-state index contributed by atoms with van der Waals surface area (Å²) in [4.78, 5) is 6.39. The summed E-state index contributed by atoms with van der Waals surface area (Å²) in [5.74, 6) is 1.02. The lowest BCUT2D eigenvalue weighted by molar-refractivity contribution is 0.280. The Hall–Kier alpha value is -1.79. The molecule has 106 valence electrons. The van der Waals surface area contributed by atoms with E-state index < -0.39 is 0 Å². The second-order valence-corrected chi connectivity index (χ2v) is 5.18. The number of rotatable bonds is 4. The number of aliphatic hydroxyl groups is 1. The van der Waals surface area contributed by atoms with Crippen LogP contribution in [0.2, 0.25) is 0 Å². The summed E-state index contributed by atoms with van der Waals surface area (Å²) in [6.07, 6.45) is 2.51. The average Bonchev–Trinajstić information content (AvgIpc) is 3.12. The molecule has 1 saturated heterocycles. The fourth-order valence-electron chi connectivity index (χ4n) is 2.70. The van der Waals surface area contributed by atoms with Crippen molar-refractivity contribution in [2.24, 2.45) is 0 Å². The maximum atomic E-state index is 13.8. The summed E-state index contributed by atoms with van der Waals surface area (Å²) in [5, 5.41) is 15.9. The van der Waals surface area contributed by atoms with E-state index in [0.29, 0.717) is 18.0 Å². The molecule has 1 aromatic carbocycles. The zero-order chi connectivity index (χ0) is 13.9. The summed E-state index contributed by atoms with van der Waals surface area (Å²) in [6, 6.07) is 4.77. The summed E-state index contributed by atoms with van der Waals surface area (Å²) in [7, 11) is 0. The van der Waals surface area contributed by atoms with E-state index in [4.69, 9.17) is 5.11 Å². The first kappa shape index (κ1) is 13.2. The van der Waals surface area contributed by atoms with Crippen molar-refractivity contribution >= 4 is 0 Å². The Kier molecular flexibility index (Phi) is 3.75. The van der Waals surface area contributed by atoms with Gasteiger partial charge in [0.05, 0.1) is 6.61 Å². The summed E-state index contributed by atoms with van der Waals surface area (Å²) < 4.78 is 13.8. The smallest absolute Gasteiger partial charge is 0.137 e. The molecule has 0 bridgehead atoms. The van der Waals surface area contributed by atoms with Crippen LogP contribution in [-0.2, 0) is 13.2 Å². The van der Waals surface area contributed by atoms with Crippen LogP contribution in [0.25, 0.3) is 0 Å². The lowest BCUT2D eigenvalue weighted by Gasteiger charge is -2.16. The van der Waals surface area contributed by atoms with Crippen LogP contribution in [0.5, 0.6) is 0 Å². The van der Waals surface area contributed by atoms with Gasteiger partial charge in [0.1, 0.15) is 18.0 Å². The van der Waals surface area contributed by atoms with Crippen LogP contribution < -0.4 is 0 Å². The maximum absolute atomic E-state index is 13.8. The van der Waals surface area contributed by atoms with Crippen molar-refractivity contribution in [3.63, 3.8) is 0 Å². The van der Waals surface area contributed by atoms with Gasteiger partial charge in [-0.15, -0.1) is 0 Å². The lowest BCUT2D eigenvalue weighted by Crippen LogP contribution is -2.20. The molecule has 0 spiro atoms. The molecule has 0 aliphatic carbocycles. The van der Waals surface area contributed by atoms with E-state index in [-0.39, 0.29) is 12.4 Å². The monoisotopic (exact) mass is 276 g/mol. The predicted molar refractivity (Wildman–Crippen MR) is 71.3 cm³/mol. The van der Waals surface area contributed by atoms with Crippen molar-refractivity contribution < 1.29 is 9.50 Å². The second-order valence-electron chi connectivity index (χ2n) is 5.18. The van der Waals surface area contributed by atoms with Crippen molar-refractivity contribution in [3.8, 4) is 0 Å². The number of nitrogens with one attached hydrogen (secondary N) is 1. The first-order chi connectivity index (χ1) is 9.76. The van der Waals surface area contributed by atoms with Crippen molar-refractivity contribution in [1.29, 1.82) is 0 Å². The number of hydrogen-bond acceptors (Lipinski definition) is 4. The van der Waals surface area contributed by atoms with Gasteiger partial charge in [-0.3, -0.25) is 10.00 Å². The molecule has 3 rings (SSSR count). The highest BCUT2D eigenvalue weighted by Gasteiger charge is 2.26. The SMILES string of the molecule is OCc1ccc(F)c(CN2CCC(c3ncn[nH]3)C2)c1. The second kappa shape index (κ2) is 5.68. The van der Waals surface area contributed by atoms with Gasteiger partial charge in [0.2, 0.25) is 0 Å². The third-order valence-corrected chi connectivity index (χ3v) is 3.78. The third-order valence-electron chi connectivity index (χ3n) is 3.78. The van der Waals surface area contributed by atoms with Gasteiger partial charge in [0.25, 0.3) is 0 Å². The van der Waals surface area contributed by atoms with Crippen LogP contribution >= 0.6 is 0 Å². The van der Waals surface area contributed by atoms with Gasteiger partial charge in [-0.05, 0) is 30.7 Å². The number of benzene rings is 1. The van der Waals surface area contributed by atoms with Gasteiger partial charge in [-0.2, -0.15) is 5.10 Å². The highest BCUT2D eigenvalue weighted by Crippen LogP contribution is 2.26. The molecule has 1 unspecified atom stereocenters.